The normalized spacial score (nSPS) is 16.8. The van der Waals surface area contributed by atoms with E-state index in [-0.39, 0.29) is 0 Å². The molecule has 2 nitrogen and oxygen atoms in total. The Bertz CT molecular complexity index is 1060. The molecule has 0 amide bonds. The van der Waals surface area contributed by atoms with Gasteiger partial charge in [-0.3, -0.25) is 0 Å². The van der Waals surface area contributed by atoms with Crippen molar-refractivity contribution >= 4 is 11.6 Å². The summed E-state index contributed by atoms with van der Waals surface area (Å²) in [5.41, 5.74) is 1.64. The second kappa shape index (κ2) is 9.26. The van der Waals surface area contributed by atoms with Crippen molar-refractivity contribution in [1.29, 1.82) is 0 Å². The van der Waals surface area contributed by atoms with Crippen LogP contribution in [0.3, 0.4) is 0 Å². The molecule has 0 aromatic heterocycles. The van der Waals surface area contributed by atoms with Gasteiger partial charge in [0.15, 0.2) is 0 Å². The summed E-state index contributed by atoms with van der Waals surface area (Å²) >= 11 is 6.52. The fourth-order valence-corrected chi connectivity index (χ4v) is 4.53. The minimum atomic E-state index is -4.41. The molecule has 0 radical (unpaired) electrons. The van der Waals surface area contributed by atoms with Crippen LogP contribution in [0.4, 0.5) is 13.2 Å². The summed E-state index contributed by atoms with van der Waals surface area (Å²) in [6.07, 6.45) is -2.84. The third kappa shape index (κ3) is 5.17. The van der Waals surface area contributed by atoms with Crippen LogP contribution in [-0.4, -0.2) is 29.6 Å². The van der Waals surface area contributed by atoms with E-state index in [0.717, 1.165) is 46.8 Å². The smallest absolute Gasteiger partial charge is 0.385 e. The zero-order valence-corrected chi connectivity index (χ0v) is 18.3. The number of piperidine rings is 1. The van der Waals surface area contributed by atoms with Crippen LogP contribution in [0.2, 0.25) is 5.02 Å². The molecular formula is C26H25ClF3NO. The Kier molecular flexibility index (Phi) is 6.61. The predicted octanol–water partition coefficient (Wildman–Crippen LogP) is 6.55. The van der Waals surface area contributed by atoms with E-state index in [1.165, 1.54) is 6.07 Å². The van der Waals surface area contributed by atoms with Gasteiger partial charge in [0.1, 0.15) is 0 Å². The van der Waals surface area contributed by atoms with E-state index in [0.29, 0.717) is 31.5 Å². The molecule has 0 bridgehead atoms. The van der Waals surface area contributed by atoms with Gasteiger partial charge >= 0.3 is 6.18 Å². The van der Waals surface area contributed by atoms with Crippen molar-refractivity contribution in [3.8, 4) is 11.1 Å². The molecule has 3 aromatic carbocycles. The summed E-state index contributed by atoms with van der Waals surface area (Å²) in [7, 11) is 0. The first-order chi connectivity index (χ1) is 15.2. The molecule has 3 aromatic rings. The van der Waals surface area contributed by atoms with Crippen molar-refractivity contribution in [2.45, 2.75) is 31.0 Å². The zero-order valence-electron chi connectivity index (χ0n) is 17.6. The Hall–Kier alpha value is -2.34. The standard InChI is InChI=1S/C26H25ClF3NO/c27-24-17-21(19-5-2-1-3-6-19)10-9-20(24)11-14-31-15-12-25(32,13-16-31)22-7-4-8-23(18-22)26(28,29)30/h1-10,17-18,32H,11-16H2. The van der Waals surface area contributed by atoms with E-state index in [4.69, 9.17) is 11.6 Å². The highest BCUT2D eigenvalue weighted by molar-refractivity contribution is 6.31. The Balaban J connectivity index is 1.36. The van der Waals surface area contributed by atoms with Gasteiger partial charge in [-0.25, -0.2) is 0 Å². The Morgan fingerprint density at radius 2 is 1.59 bits per heavy atom. The molecular weight excluding hydrogens is 435 g/mol. The van der Waals surface area contributed by atoms with Crippen LogP contribution in [0.25, 0.3) is 11.1 Å². The van der Waals surface area contributed by atoms with Crippen molar-refractivity contribution < 1.29 is 18.3 Å². The van der Waals surface area contributed by atoms with Crippen molar-refractivity contribution in [3.63, 3.8) is 0 Å². The van der Waals surface area contributed by atoms with Gasteiger partial charge in [-0.1, -0.05) is 66.2 Å². The fourth-order valence-electron chi connectivity index (χ4n) is 4.26. The number of halogens is 4. The van der Waals surface area contributed by atoms with Gasteiger partial charge in [0.05, 0.1) is 11.2 Å². The van der Waals surface area contributed by atoms with Gasteiger partial charge in [-0.05, 0) is 59.7 Å². The van der Waals surface area contributed by atoms with E-state index in [2.05, 4.69) is 11.0 Å². The van der Waals surface area contributed by atoms with E-state index in [1.54, 1.807) is 6.07 Å². The summed E-state index contributed by atoms with van der Waals surface area (Å²) < 4.78 is 39.1. The maximum absolute atomic E-state index is 13.0. The van der Waals surface area contributed by atoms with E-state index in [1.807, 2.05) is 42.5 Å². The third-order valence-corrected chi connectivity index (χ3v) is 6.62. The molecule has 1 aliphatic heterocycles. The number of rotatable bonds is 5. The molecule has 0 atom stereocenters. The molecule has 0 saturated carbocycles. The molecule has 0 unspecified atom stereocenters. The predicted molar refractivity (Wildman–Crippen MR) is 122 cm³/mol. The van der Waals surface area contributed by atoms with Gasteiger partial charge < -0.3 is 10.0 Å². The fraction of sp³-hybridized carbons (Fsp3) is 0.308. The molecule has 1 saturated heterocycles. The summed E-state index contributed by atoms with van der Waals surface area (Å²) in [4.78, 5) is 2.23. The van der Waals surface area contributed by atoms with Crippen molar-refractivity contribution in [3.05, 3.63) is 94.5 Å². The lowest BCUT2D eigenvalue weighted by Crippen LogP contribution is -2.43. The molecule has 1 aliphatic rings. The van der Waals surface area contributed by atoms with Crippen LogP contribution in [0, 0.1) is 0 Å². The number of nitrogens with zero attached hydrogens (tertiary/aromatic N) is 1. The summed E-state index contributed by atoms with van der Waals surface area (Å²) in [5.74, 6) is 0. The van der Waals surface area contributed by atoms with Crippen LogP contribution in [0.5, 0.6) is 0 Å². The van der Waals surface area contributed by atoms with E-state index in [9.17, 15) is 18.3 Å². The number of alkyl halides is 3. The molecule has 1 fully saturated rings. The maximum Gasteiger partial charge on any atom is 0.416 e. The number of likely N-dealkylation sites (tertiary alicyclic amines) is 1. The minimum Gasteiger partial charge on any atom is -0.385 e. The second-order valence-electron chi connectivity index (χ2n) is 8.37. The highest BCUT2D eigenvalue weighted by Gasteiger charge is 2.36. The minimum absolute atomic E-state index is 0.339. The van der Waals surface area contributed by atoms with Crippen LogP contribution in [0.15, 0.2) is 72.8 Å². The van der Waals surface area contributed by atoms with Gasteiger partial charge in [0.25, 0.3) is 0 Å². The SMILES string of the molecule is OC1(c2cccc(C(F)(F)F)c2)CCN(CCc2ccc(-c3ccccc3)cc2Cl)CC1. The van der Waals surface area contributed by atoms with Gasteiger partial charge in [0, 0.05) is 24.7 Å². The monoisotopic (exact) mass is 459 g/mol. The maximum atomic E-state index is 13.0. The highest BCUT2D eigenvalue weighted by Crippen LogP contribution is 2.37. The lowest BCUT2D eigenvalue weighted by atomic mass is 9.83. The van der Waals surface area contributed by atoms with E-state index < -0.39 is 17.3 Å². The van der Waals surface area contributed by atoms with Gasteiger partial charge in [-0.15, -0.1) is 0 Å². The number of hydrogen-bond donors (Lipinski definition) is 1. The molecule has 168 valence electrons. The Labute approximate surface area is 191 Å². The van der Waals surface area contributed by atoms with Crippen LogP contribution >= 0.6 is 11.6 Å². The number of aliphatic hydroxyl groups is 1. The molecule has 6 heteroatoms. The third-order valence-electron chi connectivity index (χ3n) is 6.27. The summed E-state index contributed by atoms with van der Waals surface area (Å²) in [5, 5.41) is 11.7. The average Bonchev–Trinajstić information content (AvgIpc) is 2.79. The second-order valence-corrected chi connectivity index (χ2v) is 8.78. The van der Waals surface area contributed by atoms with Crippen LogP contribution in [-0.2, 0) is 18.2 Å². The molecule has 0 spiro atoms. The summed E-state index contributed by atoms with van der Waals surface area (Å²) in [6.45, 7) is 2.02. The molecule has 4 rings (SSSR count). The highest BCUT2D eigenvalue weighted by atomic mass is 35.5. The number of benzene rings is 3. The summed E-state index contributed by atoms with van der Waals surface area (Å²) in [6, 6.07) is 21.2. The lowest BCUT2D eigenvalue weighted by molar-refractivity contribution is -0.137. The van der Waals surface area contributed by atoms with Crippen molar-refractivity contribution in [2.24, 2.45) is 0 Å². The van der Waals surface area contributed by atoms with Gasteiger partial charge in [0.2, 0.25) is 0 Å². The first kappa shape index (κ1) is 22.8. The average molecular weight is 460 g/mol. The van der Waals surface area contributed by atoms with Gasteiger partial charge in [-0.2, -0.15) is 13.2 Å². The van der Waals surface area contributed by atoms with E-state index >= 15 is 0 Å². The molecule has 1 N–H and O–H groups in total. The quantitative estimate of drug-likeness (QED) is 0.467. The topological polar surface area (TPSA) is 23.5 Å². The first-order valence-corrected chi connectivity index (χ1v) is 11.1. The largest absolute Gasteiger partial charge is 0.416 e. The van der Waals surface area contributed by atoms with Crippen molar-refractivity contribution in [2.75, 3.05) is 19.6 Å². The van der Waals surface area contributed by atoms with Crippen LogP contribution in [0.1, 0.15) is 29.5 Å². The van der Waals surface area contributed by atoms with Crippen LogP contribution < -0.4 is 0 Å². The number of hydrogen-bond acceptors (Lipinski definition) is 2. The molecule has 1 heterocycles. The molecule has 0 aliphatic carbocycles. The zero-order chi connectivity index (χ0) is 22.8. The van der Waals surface area contributed by atoms with Crippen molar-refractivity contribution in [1.82, 2.24) is 4.90 Å². The Morgan fingerprint density at radius 1 is 0.875 bits per heavy atom. The molecule has 32 heavy (non-hydrogen) atoms. The first-order valence-electron chi connectivity index (χ1n) is 10.7. The lowest BCUT2D eigenvalue weighted by Gasteiger charge is -2.38. The Morgan fingerprint density at radius 3 is 2.25 bits per heavy atom.